The molecule has 5 fully saturated rings. The molecule has 0 amide bonds. The average Bonchev–Trinajstić information content (AvgIpc) is 3.34. The smallest absolute Gasteiger partial charge is 0.138 e. The van der Waals surface area contributed by atoms with Crippen molar-refractivity contribution in [2.45, 2.75) is 130 Å². The Labute approximate surface area is 207 Å². The molecule has 10 unspecified atom stereocenters. The summed E-state index contributed by atoms with van der Waals surface area (Å²) in [6.45, 7) is 15.0. The third kappa shape index (κ3) is 2.97. The van der Waals surface area contributed by atoms with Crippen LogP contribution in [0, 0.1) is 50.7 Å². The quantitative estimate of drug-likeness (QED) is 0.491. The van der Waals surface area contributed by atoms with E-state index in [4.69, 9.17) is 0 Å². The Morgan fingerprint density at radius 3 is 2.24 bits per heavy atom. The summed E-state index contributed by atoms with van der Waals surface area (Å²) >= 11 is 0. The van der Waals surface area contributed by atoms with Crippen LogP contribution in [0.5, 0.6) is 0 Å². The molecule has 34 heavy (non-hydrogen) atoms. The van der Waals surface area contributed by atoms with Crippen LogP contribution >= 0.6 is 0 Å². The molecule has 0 aromatic rings. The zero-order chi connectivity index (χ0) is 25.1. The van der Waals surface area contributed by atoms with Crippen LogP contribution in [-0.4, -0.2) is 38.9 Å². The second-order valence-electron chi connectivity index (χ2n) is 15.2. The van der Waals surface area contributed by atoms with Crippen molar-refractivity contribution >= 4 is 5.78 Å². The number of rotatable bonds is 5. The third-order valence-electron chi connectivity index (χ3n) is 13.2. The monoisotopic (exact) mass is 474 g/mol. The molecule has 5 saturated carbocycles. The Balaban J connectivity index is 1.41. The van der Waals surface area contributed by atoms with Gasteiger partial charge in [0.05, 0.1) is 17.8 Å². The van der Waals surface area contributed by atoms with Crippen molar-refractivity contribution in [1.82, 2.24) is 0 Å². The summed E-state index contributed by atoms with van der Waals surface area (Å²) < 4.78 is 0. The lowest BCUT2D eigenvalue weighted by Crippen LogP contribution is -2.57. The summed E-state index contributed by atoms with van der Waals surface area (Å²) in [5, 5.41) is 32.1. The van der Waals surface area contributed by atoms with Gasteiger partial charge in [0.15, 0.2) is 0 Å². The van der Waals surface area contributed by atoms with Gasteiger partial charge in [-0.3, -0.25) is 4.79 Å². The topological polar surface area (TPSA) is 77.8 Å². The Morgan fingerprint density at radius 1 is 0.971 bits per heavy atom. The number of carbonyl (C=O) groups is 1. The molecule has 0 aliphatic heterocycles. The Bertz CT molecular complexity index is 858. The molecular weight excluding hydrogens is 424 g/mol. The highest BCUT2D eigenvalue weighted by Crippen LogP contribution is 2.88. The number of Topliss-reactive ketones (excluding diaryl/α,β-unsaturated/α-hetero) is 1. The van der Waals surface area contributed by atoms with Crippen LogP contribution < -0.4 is 0 Å². The fraction of sp³-hybridized carbons (Fsp3) is 0.967. The van der Waals surface area contributed by atoms with Crippen LogP contribution in [0.15, 0.2) is 0 Å². The van der Waals surface area contributed by atoms with Gasteiger partial charge >= 0.3 is 0 Å². The first-order valence-corrected chi connectivity index (χ1v) is 14.2. The average molecular weight is 475 g/mol. The second-order valence-corrected chi connectivity index (χ2v) is 15.2. The molecule has 3 N–H and O–H groups in total. The number of aliphatic hydroxyl groups excluding tert-OH is 2. The zero-order valence-electron chi connectivity index (χ0n) is 22.8. The van der Waals surface area contributed by atoms with Crippen molar-refractivity contribution < 1.29 is 20.1 Å². The molecule has 5 aliphatic rings. The van der Waals surface area contributed by atoms with Crippen LogP contribution in [0.1, 0.15) is 113 Å². The van der Waals surface area contributed by atoms with Gasteiger partial charge in [0.2, 0.25) is 0 Å². The van der Waals surface area contributed by atoms with E-state index in [1.807, 2.05) is 0 Å². The van der Waals surface area contributed by atoms with E-state index in [0.717, 1.165) is 25.7 Å². The maximum Gasteiger partial charge on any atom is 0.138 e. The molecule has 194 valence electrons. The van der Waals surface area contributed by atoms with E-state index < -0.39 is 11.7 Å². The third-order valence-corrected chi connectivity index (χ3v) is 13.2. The molecule has 4 nitrogen and oxygen atoms in total. The lowest BCUT2D eigenvalue weighted by atomic mass is 9.42. The van der Waals surface area contributed by atoms with Crippen LogP contribution in [0.25, 0.3) is 0 Å². The number of hydrogen-bond acceptors (Lipinski definition) is 4. The zero-order valence-corrected chi connectivity index (χ0v) is 22.8. The van der Waals surface area contributed by atoms with E-state index in [-0.39, 0.29) is 28.3 Å². The number of fused-ring (bicyclic) bond motifs is 2. The van der Waals surface area contributed by atoms with E-state index in [1.54, 1.807) is 13.8 Å². The van der Waals surface area contributed by atoms with E-state index in [1.165, 1.54) is 32.1 Å². The van der Waals surface area contributed by atoms with Gasteiger partial charge in [0.25, 0.3) is 0 Å². The van der Waals surface area contributed by atoms with Crippen LogP contribution in [-0.2, 0) is 4.79 Å². The minimum absolute atomic E-state index is 0.0953. The number of ketones is 1. The van der Waals surface area contributed by atoms with Gasteiger partial charge in [-0.15, -0.1) is 0 Å². The molecule has 5 aliphatic carbocycles. The minimum atomic E-state index is -1.09. The summed E-state index contributed by atoms with van der Waals surface area (Å²) in [5.41, 5.74) is -0.295. The minimum Gasteiger partial charge on any atom is -0.393 e. The summed E-state index contributed by atoms with van der Waals surface area (Å²) in [4.78, 5) is 12.9. The summed E-state index contributed by atoms with van der Waals surface area (Å²) in [7, 11) is 0. The first-order valence-electron chi connectivity index (χ1n) is 14.2. The lowest BCUT2D eigenvalue weighted by Gasteiger charge is -2.62. The van der Waals surface area contributed by atoms with Gasteiger partial charge in [-0.25, -0.2) is 0 Å². The van der Waals surface area contributed by atoms with Crippen molar-refractivity contribution in [2.24, 2.45) is 50.7 Å². The second kappa shape index (κ2) is 7.32. The molecule has 0 bridgehead atoms. The molecule has 10 atom stereocenters. The van der Waals surface area contributed by atoms with Gasteiger partial charge in [-0.05, 0) is 117 Å². The highest BCUT2D eigenvalue weighted by atomic mass is 16.3. The maximum absolute atomic E-state index is 12.9. The van der Waals surface area contributed by atoms with E-state index in [9.17, 15) is 20.1 Å². The molecule has 4 heteroatoms. The molecule has 0 saturated heterocycles. The largest absolute Gasteiger partial charge is 0.393 e. The summed E-state index contributed by atoms with van der Waals surface area (Å²) in [6.07, 6.45) is 9.24. The van der Waals surface area contributed by atoms with Crippen molar-refractivity contribution in [1.29, 1.82) is 0 Å². The van der Waals surface area contributed by atoms with E-state index >= 15 is 0 Å². The van der Waals surface area contributed by atoms with Gasteiger partial charge in [-0.1, -0.05) is 34.6 Å². The molecule has 0 aromatic heterocycles. The molecule has 0 heterocycles. The predicted molar refractivity (Wildman–Crippen MR) is 134 cm³/mol. The summed E-state index contributed by atoms with van der Waals surface area (Å²) in [6, 6.07) is 0. The van der Waals surface area contributed by atoms with E-state index in [0.29, 0.717) is 40.8 Å². The first-order chi connectivity index (χ1) is 15.6. The van der Waals surface area contributed by atoms with Crippen LogP contribution in [0.4, 0.5) is 0 Å². The van der Waals surface area contributed by atoms with Crippen molar-refractivity contribution in [3.8, 4) is 0 Å². The van der Waals surface area contributed by atoms with Gasteiger partial charge in [-0.2, -0.15) is 0 Å². The Morgan fingerprint density at radius 2 is 1.59 bits per heavy atom. The fourth-order valence-electron chi connectivity index (χ4n) is 11.2. The maximum atomic E-state index is 12.9. The number of aliphatic hydroxyl groups is 3. The molecule has 5 rings (SSSR count). The SMILES string of the molecule is CC(CCC(O)C(C)(C)O)C1C(O)CC2(C)C3CCC4C(C)(C)C(=O)CCC45CC35CCC12C. The normalized spacial score (nSPS) is 51.1. The molecule has 0 radical (unpaired) electrons. The van der Waals surface area contributed by atoms with Crippen molar-refractivity contribution in [2.75, 3.05) is 0 Å². The highest BCUT2D eigenvalue weighted by molar-refractivity contribution is 5.86. The van der Waals surface area contributed by atoms with Crippen molar-refractivity contribution in [3.05, 3.63) is 0 Å². The van der Waals surface area contributed by atoms with Gasteiger partial charge in [0.1, 0.15) is 5.78 Å². The lowest BCUT2D eigenvalue weighted by molar-refractivity contribution is -0.157. The summed E-state index contributed by atoms with van der Waals surface area (Å²) in [5.74, 6) is 2.21. The van der Waals surface area contributed by atoms with Gasteiger partial charge in [0, 0.05) is 11.8 Å². The van der Waals surface area contributed by atoms with Crippen molar-refractivity contribution in [3.63, 3.8) is 0 Å². The standard InChI is InChI=1S/C30H50O4/c1-18(8-11-23(33)26(4,5)34)24-19(31)16-28(7)21-10-9-20-25(2,3)22(32)12-13-29(20)17-30(21,29)15-14-27(24,28)6/h18-21,23-24,31,33-34H,8-17H2,1-7H3. The van der Waals surface area contributed by atoms with Crippen LogP contribution in [0.2, 0.25) is 0 Å². The highest BCUT2D eigenvalue weighted by Gasteiger charge is 2.82. The Hall–Kier alpha value is -0.450. The van der Waals surface area contributed by atoms with E-state index in [2.05, 4.69) is 34.6 Å². The molecule has 2 spiro atoms. The first kappa shape index (κ1) is 25.2. The number of carbonyl (C=O) groups excluding carboxylic acids is 1. The number of hydrogen-bond donors (Lipinski definition) is 3. The molecular formula is C30H50O4. The fourth-order valence-corrected chi connectivity index (χ4v) is 11.2. The Kier molecular flexibility index (Phi) is 5.42. The molecule has 0 aromatic carbocycles. The van der Waals surface area contributed by atoms with Crippen LogP contribution in [0.3, 0.4) is 0 Å². The van der Waals surface area contributed by atoms with Gasteiger partial charge < -0.3 is 15.3 Å². The predicted octanol–water partition coefficient (Wildman–Crippen LogP) is 5.51.